The summed E-state index contributed by atoms with van der Waals surface area (Å²) < 4.78 is 37.6. The molecule has 130 valence electrons. The number of nitrogens with zero attached hydrogens (tertiary/aromatic N) is 1. The van der Waals surface area contributed by atoms with Crippen molar-refractivity contribution in [3.8, 4) is 5.75 Å². The molecule has 0 saturated carbocycles. The first-order valence-corrected chi connectivity index (χ1v) is 8.91. The highest BCUT2D eigenvalue weighted by Gasteiger charge is 2.12. The molecule has 2 aromatic rings. The molecule has 1 N–H and O–H groups in total. The van der Waals surface area contributed by atoms with Crippen LogP contribution in [0.2, 0.25) is 0 Å². The lowest BCUT2D eigenvalue weighted by Gasteiger charge is -2.12. The molecule has 0 amide bonds. The summed E-state index contributed by atoms with van der Waals surface area (Å²) >= 11 is 4.41. The number of benzene rings is 1. The molecule has 2 rings (SSSR count). The molecular weight excluding hydrogens is 404 g/mol. The van der Waals surface area contributed by atoms with Crippen molar-refractivity contribution < 1.29 is 23.4 Å². The van der Waals surface area contributed by atoms with Gasteiger partial charge in [-0.2, -0.15) is 0 Å². The fraction of sp³-hybridized carbons (Fsp3) is 0.312. The Morgan fingerprint density at radius 2 is 1.96 bits per heavy atom. The van der Waals surface area contributed by atoms with E-state index in [1.165, 1.54) is 11.8 Å². The third-order valence-electron chi connectivity index (χ3n) is 2.81. The average molecular weight is 420 g/mol. The van der Waals surface area contributed by atoms with Crippen molar-refractivity contribution in [2.24, 2.45) is 0 Å². The highest BCUT2D eigenvalue weighted by atomic mass is 79.9. The predicted octanol–water partition coefficient (Wildman–Crippen LogP) is 3.67. The summed E-state index contributed by atoms with van der Waals surface area (Å²) in [7, 11) is 0. The molecule has 8 heteroatoms. The van der Waals surface area contributed by atoms with Crippen LogP contribution in [0.3, 0.4) is 0 Å². The van der Waals surface area contributed by atoms with Gasteiger partial charge in [0.1, 0.15) is 6.61 Å². The zero-order chi connectivity index (χ0) is 17.4. The standard InChI is InChI=1S/C16H16BrF2NO3S/c17-11-7-13(18)16(14(19)8-11)23-6-5-22-9-12(21)10-24-15-3-1-2-4-20-15/h1-4,7-8,12,21H,5-6,9-10H2. The third kappa shape index (κ3) is 6.35. The number of aliphatic hydroxyl groups is 1. The molecular formula is C16H16BrF2NO3S. The van der Waals surface area contributed by atoms with Gasteiger partial charge in [0.15, 0.2) is 17.4 Å². The molecule has 1 aromatic carbocycles. The summed E-state index contributed by atoms with van der Waals surface area (Å²) in [5.41, 5.74) is 0. The van der Waals surface area contributed by atoms with E-state index in [1.54, 1.807) is 6.20 Å². The number of rotatable bonds is 9. The average Bonchev–Trinajstić information content (AvgIpc) is 2.55. The van der Waals surface area contributed by atoms with Crippen molar-refractivity contribution in [2.75, 3.05) is 25.6 Å². The van der Waals surface area contributed by atoms with E-state index >= 15 is 0 Å². The summed E-state index contributed by atoms with van der Waals surface area (Å²) in [6, 6.07) is 7.79. The number of ether oxygens (including phenoxy) is 2. The van der Waals surface area contributed by atoms with Crippen LogP contribution in [0, 0.1) is 11.6 Å². The van der Waals surface area contributed by atoms with E-state index in [0.29, 0.717) is 10.2 Å². The lowest BCUT2D eigenvalue weighted by Crippen LogP contribution is -2.20. The topological polar surface area (TPSA) is 51.6 Å². The molecule has 0 aliphatic heterocycles. The molecule has 1 heterocycles. The van der Waals surface area contributed by atoms with Gasteiger partial charge < -0.3 is 14.6 Å². The second kappa shape index (κ2) is 9.93. The lowest BCUT2D eigenvalue weighted by atomic mass is 10.3. The monoisotopic (exact) mass is 419 g/mol. The minimum atomic E-state index is -0.784. The van der Waals surface area contributed by atoms with Crippen LogP contribution in [0.5, 0.6) is 5.75 Å². The van der Waals surface area contributed by atoms with Crippen molar-refractivity contribution in [1.82, 2.24) is 4.98 Å². The highest BCUT2D eigenvalue weighted by Crippen LogP contribution is 2.25. The van der Waals surface area contributed by atoms with Crippen LogP contribution in [0.15, 0.2) is 46.0 Å². The van der Waals surface area contributed by atoms with E-state index in [2.05, 4.69) is 20.9 Å². The van der Waals surface area contributed by atoms with Gasteiger partial charge in [-0.1, -0.05) is 22.0 Å². The fourth-order valence-corrected chi connectivity index (χ4v) is 2.92. The first-order chi connectivity index (χ1) is 11.6. The highest BCUT2D eigenvalue weighted by molar-refractivity contribution is 9.10. The van der Waals surface area contributed by atoms with Crippen LogP contribution >= 0.6 is 27.7 Å². The van der Waals surface area contributed by atoms with E-state index in [4.69, 9.17) is 9.47 Å². The van der Waals surface area contributed by atoms with E-state index in [0.717, 1.165) is 17.2 Å². The van der Waals surface area contributed by atoms with Gasteiger partial charge in [0, 0.05) is 16.4 Å². The van der Waals surface area contributed by atoms with E-state index in [-0.39, 0.29) is 19.8 Å². The molecule has 4 nitrogen and oxygen atoms in total. The van der Waals surface area contributed by atoms with Crippen LogP contribution < -0.4 is 4.74 Å². The number of pyridine rings is 1. The molecule has 0 aliphatic rings. The summed E-state index contributed by atoms with van der Waals surface area (Å²) in [6.07, 6.45) is 1.02. The van der Waals surface area contributed by atoms with Crippen molar-refractivity contribution in [2.45, 2.75) is 11.1 Å². The Hall–Kier alpha value is -1.22. The molecule has 0 saturated heterocycles. The maximum Gasteiger partial charge on any atom is 0.190 e. The van der Waals surface area contributed by atoms with Crippen LogP contribution in [0.25, 0.3) is 0 Å². The lowest BCUT2D eigenvalue weighted by molar-refractivity contribution is 0.0338. The van der Waals surface area contributed by atoms with Gasteiger partial charge in [0.05, 0.1) is 24.3 Å². The Morgan fingerprint density at radius 3 is 2.62 bits per heavy atom. The molecule has 1 aromatic heterocycles. The third-order valence-corrected chi connectivity index (χ3v) is 4.36. The molecule has 0 fully saturated rings. The normalized spacial score (nSPS) is 12.2. The van der Waals surface area contributed by atoms with Gasteiger partial charge in [0.2, 0.25) is 0 Å². The summed E-state index contributed by atoms with van der Waals surface area (Å²) in [5, 5.41) is 10.6. The van der Waals surface area contributed by atoms with Crippen molar-refractivity contribution in [3.05, 3.63) is 52.6 Å². The molecule has 0 radical (unpaired) electrons. The second-order valence-electron chi connectivity index (χ2n) is 4.75. The van der Waals surface area contributed by atoms with Crippen LogP contribution in [0.4, 0.5) is 8.78 Å². The van der Waals surface area contributed by atoms with Gasteiger partial charge in [-0.25, -0.2) is 13.8 Å². The summed E-state index contributed by atoms with van der Waals surface area (Å²) in [6.45, 7) is 0.199. The number of hydrogen-bond acceptors (Lipinski definition) is 5. The number of thioether (sulfide) groups is 1. The van der Waals surface area contributed by atoms with Crippen molar-refractivity contribution in [1.29, 1.82) is 0 Å². The van der Waals surface area contributed by atoms with Crippen LogP contribution in [-0.2, 0) is 4.74 Å². The Bertz CT molecular complexity index is 625. The fourth-order valence-electron chi connectivity index (χ4n) is 1.75. The van der Waals surface area contributed by atoms with Crippen molar-refractivity contribution >= 4 is 27.7 Å². The number of hydrogen-bond donors (Lipinski definition) is 1. The van der Waals surface area contributed by atoms with Gasteiger partial charge in [0.25, 0.3) is 0 Å². The first-order valence-electron chi connectivity index (χ1n) is 7.13. The number of halogens is 3. The largest absolute Gasteiger partial charge is 0.485 e. The quantitative estimate of drug-likeness (QED) is 0.496. The van der Waals surface area contributed by atoms with Crippen LogP contribution in [-0.4, -0.2) is 41.8 Å². The molecule has 0 aliphatic carbocycles. The number of aromatic nitrogens is 1. The first kappa shape index (κ1) is 19.1. The maximum absolute atomic E-state index is 13.5. The van der Waals surface area contributed by atoms with Gasteiger partial charge >= 0.3 is 0 Å². The Labute approximate surface area is 151 Å². The molecule has 0 bridgehead atoms. The van der Waals surface area contributed by atoms with Gasteiger partial charge in [-0.3, -0.25) is 0 Å². The predicted molar refractivity (Wildman–Crippen MR) is 91.3 cm³/mol. The van der Waals surface area contributed by atoms with Crippen molar-refractivity contribution in [3.63, 3.8) is 0 Å². The Morgan fingerprint density at radius 1 is 1.21 bits per heavy atom. The molecule has 0 spiro atoms. The Kier molecular flexibility index (Phi) is 7.90. The smallest absolute Gasteiger partial charge is 0.190 e. The van der Waals surface area contributed by atoms with Gasteiger partial charge in [-0.15, -0.1) is 11.8 Å². The SMILES string of the molecule is OC(COCCOc1c(F)cc(Br)cc1F)CSc1ccccn1. The summed E-state index contributed by atoms with van der Waals surface area (Å²) in [4.78, 5) is 4.13. The zero-order valence-corrected chi connectivity index (χ0v) is 15.0. The zero-order valence-electron chi connectivity index (χ0n) is 12.6. The Balaban J connectivity index is 1.63. The molecule has 1 atom stereocenters. The van der Waals surface area contributed by atoms with E-state index < -0.39 is 23.5 Å². The van der Waals surface area contributed by atoms with Gasteiger partial charge in [-0.05, 0) is 24.3 Å². The summed E-state index contributed by atoms with van der Waals surface area (Å²) in [5.74, 6) is -1.57. The molecule has 1 unspecified atom stereocenters. The van der Waals surface area contributed by atoms with E-state index in [1.807, 2.05) is 18.2 Å². The minimum Gasteiger partial charge on any atom is -0.485 e. The molecule has 24 heavy (non-hydrogen) atoms. The van der Waals surface area contributed by atoms with Crippen LogP contribution in [0.1, 0.15) is 0 Å². The second-order valence-corrected chi connectivity index (χ2v) is 6.71. The minimum absolute atomic E-state index is 0.0183. The maximum atomic E-state index is 13.5. The van der Waals surface area contributed by atoms with E-state index in [9.17, 15) is 13.9 Å². The number of aliphatic hydroxyl groups excluding tert-OH is 1.